The van der Waals surface area contributed by atoms with Crippen molar-refractivity contribution < 1.29 is 18.0 Å². The van der Waals surface area contributed by atoms with Crippen molar-refractivity contribution in [1.29, 1.82) is 0 Å². The van der Waals surface area contributed by atoms with Crippen molar-refractivity contribution in [3.8, 4) is 0 Å². The van der Waals surface area contributed by atoms with Crippen molar-refractivity contribution in [3.63, 3.8) is 0 Å². The molecule has 8 heteroatoms. The summed E-state index contributed by atoms with van der Waals surface area (Å²) in [7, 11) is 0. The number of alkyl halides is 3. The third-order valence-electron chi connectivity index (χ3n) is 4.91. The van der Waals surface area contributed by atoms with Crippen molar-refractivity contribution in [3.05, 3.63) is 69.0 Å². The minimum atomic E-state index is -4.49. The number of amides is 1. The van der Waals surface area contributed by atoms with Crippen molar-refractivity contribution in [2.45, 2.75) is 50.4 Å². The Morgan fingerprint density at radius 1 is 1.03 bits per heavy atom. The maximum absolute atomic E-state index is 13.0. The maximum atomic E-state index is 13.0. The summed E-state index contributed by atoms with van der Waals surface area (Å²) in [4.78, 5) is 13.0. The first-order valence-electron chi connectivity index (χ1n) is 9.37. The van der Waals surface area contributed by atoms with Crippen LogP contribution in [0.5, 0.6) is 0 Å². The molecule has 3 nitrogen and oxygen atoms in total. The fraction of sp³-hybridized carbons (Fsp3) is 0.381. The van der Waals surface area contributed by atoms with Crippen LogP contribution in [0.25, 0.3) is 5.32 Å². The second kappa shape index (κ2) is 9.26. The van der Waals surface area contributed by atoms with Crippen molar-refractivity contribution in [1.82, 2.24) is 5.32 Å². The molecule has 0 heterocycles. The summed E-state index contributed by atoms with van der Waals surface area (Å²) < 4.78 is 39.1. The van der Waals surface area contributed by atoms with E-state index in [0.717, 1.165) is 44.2 Å². The van der Waals surface area contributed by atoms with Gasteiger partial charge in [-0.1, -0.05) is 78.4 Å². The Balaban J connectivity index is 1.87. The molecule has 1 saturated carbocycles. The first-order chi connectivity index (χ1) is 13.7. The molecule has 0 radical (unpaired) electrons. The van der Waals surface area contributed by atoms with E-state index in [4.69, 9.17) is 23.2 Å². The summed E-state index contributed by atoms with van der Waals surface area (Å²) in [5.41, 5.74) is -0.292. The van der Waals surface area contributed by atoms with Crippen LogP contribution in [0.1, 0.15) is 49.3 Å². The zero-order valence-corrected chi connectivity index (χ0v) is 17.0. The summed E-state index contributed by atoms with van der Waals surface area (Å²) in [6.45, 7) is 0. The van der Waals surface area contributed by atoms with Gasteiger partial charge in [-0.05, 0) is 31.0 Å². The molecule has 3 rings (SSSR count). The summed E-state index contributed by atoms with van der Waals surface area (Å²) in [5, 5.41) is 7.88. The van der Waals surface area contributed by atoms with E-state index in [9.17, 15) is 18.0 Å². The Hall–Kier alpha value is -1.92. The van der Waals surface area contributed by atoms with E-state index in [2.05, 4.69) is 10.6 Å². The lowest BCUT2D eigenvalue weighted by Crippen LogP contribution is -2.38. The molecule has 1 unspecified atom stereocenters. The highest BCUT2D eigenvalue weighted by molar-refractivity contribution is 6.42. The van der Waals surface area contributed by atoms with Crippen molar-refractivity contribution in [2.75, 3.05) is 0 Å². The fourth-order valence-electron chi connectivity index (χ4n) is 3.41. The molecule has 1 N–H and O–H groups in total. The van der Waals surface area contributed by atoms with E-state index in [1.165, 1.54) is 18.2 Å². The first kappa shape index (κ1) is 21.8. The Morgan fingerprint density at radius 2 is 1.76 bits per heavy atom. The quantitative estimate of drug-likeness (QED) is 0.521. The number of carbonyl (C=O) groups excluding carboxylic acids is 1. The number of halogens is 5. The molecule has 0 spiro atoms. The zero-order valence-electron chi connectivity index (χ0n) is 15.5. The lowest BCUT2D eigenvalue weighted by molar-refractivity contribution is -0.137. The van der Waals surface area contributed by atoms with Gasteiger partial charge in [0.25, 0.3) is 0 Å². The van der Waals surface area contributed by atoms with Gasteiger partial charge in [0.15, 0.2) is 0 Å². The molecule has 2 aromatic carbocycles. The molecule has 0 saturated heterocycles. The Bertz CT molecular complexity index is 867. The van der Waals surface area contributed by atoms with Gasteiger partial charge in [-0.3, -0.25) is 4.79 Å². The van der Waals surface area contributed by atoms with Crippen LogP contribution in [0.2, 0.25) is 10.0 Å². The predicted molar refractivity (Wildman–Crippen MR) is 109 cm³/mol. The highest BCUT2D eigenvalue weighted by Crippen LogP contribution is 2.38. The summed E-state index contributed by atoms with van der Waals surface area (Å²) in [6.07, 6.45) is 0.471. The van der Waals surface area contributed by atoms with Crippen LogP contribution in [0.4, 0.5) is 18.9 Å². The molecule has 1 aliphatic carbocycles. The minimum Gasteiger partial charge on any atom is -0.670 e. The standard InChI is InChI=1S/C21H20Cl2F3N2O/c22-17-10-9-13(11-18(17)23)19(20(29)28-15-6-2-1-3-7-15)27-16-8-4-5-14(12-16)21(24,25)26/h4-5,8-12,15,19H,1-3,6-7H2,(H,28,29)/q-1. The number of rotatable bonds is 5. The van der Waals surface area contributed by atoms with Crippen LogP contribution in [0.15, 0.2) is 42.5 Å². The third kappa shape index (κ3) is 5.80. The average Bonchev–Trinajstić information content (AvgIpc) is 2.68. The van der Waals surface area contributed by atoms with E-state index in [0.29, 0.717) is 10.6 Å². The molecular formula is C21H20Cl2F3N2O-. The summed E-state index contributed by atoms with van der Waals surface area (Å²) in [6, 6.07) is 8.28. The highest BCUT2D eigenvalue weighted by Gasteiger charge is 2.30. The second-order valence-corrected chi connectivity index (χ2v) is 7.91. The van der Waals surface area contributed by atoms with E-state index >= 15 is 0 Å². The van der Waals surface area contributed by atoms with Gasteiger partial charge in [-0.15, -0.1) is 5.69 Å². The highest BCUT2D eigenvalue weighted by atomic mass is 35.5. The number of benzene rings is 2. The largest absolute Gasteiger partial charge is 0.670 e. The lowest BCUT2D eigenvalue weighted by Gasteiger charge is -2.35. The Labute approximate surface area is 177 Å². The number of nitrogens with one attached hydrogen (secondary N) is 1. The average molecular weight is 444 g/mol. The Kier molecular flexibility index (Phi) is 6.96. The topological polar surface area (TPSA) is 43.2 Å². The molecular weight excluding hydrogens is 424 g/mol. The zero-order chi connectivity index (χ0) is 21.0. The monoisotopic (exact) mass is 443 g/mol. The number of carbonyl (C=O) groups is 1. The normalized spacial score (nSPS) is 16.3. The van der Waals surface area contributed by atoms with Crippen LogP contribution in [0, 0.1) is 0 Å². The van der Waals surface area contributed by atoms with Gasteiger partial charge >= 0.3 is 6.18 Å². The molecule has 0 aromatic heterocycles. The summed E-state index contributed by atoms with van der Waals surface area (Å²) in [5.74, 6) is -0.368. The van der Waals surface area contributed by atoms with Crippen LogP contribution in [-0.4, -0.2) is 11.9 Å². The van der Waals surface area contributed by atoms with Crippen molar-refractivity contribution >= 4 is 34.8 Å². The van der Waals surface area contributed by atoms with E-state index in [1.54, 1.807) is 12.1 Å². The van der Waals surface area contributed by atoms with E-state index in [-0.39, 0.29) is 22.7 Å². The molecule has 1 fully saturated rings. The molecule has 1 aliphatic rings. The minimum absolute atomic E-state index is 0.0400. The van der Waals surface area contributed by atoms with Gasteiger partial charge < -0.3 is 10.6 Å². The smallest absolute Gasteiger partial charge is 0.416 e. The van der Waals surface area contributed by atoms with Gasteiger partial charge in [0.05, 0.1) is 15.6 Å². The van der Waals surface area contributed by atoms with Crippen LogP contribution >= 0.6 is 23.2 Å². The maximum Gasteiger partial charge on any atom is 0.416 e. The molecule has 1 amide bonds. The SMILES string of the molecule is O=C(NC1CCCCC1)C([N-]c1cccc(C(F)(F)F)c1)c1ccc(Cl)c(Cl)c1. The number of hydrogen-bond donors (Lipinski definition) is 1. The third-order valence-corrected chi connectivity index (χ3v) is 5.65. The van der Waals surface area contributed by atoms with Gasteiger partial charge in [-0.2, -0.15) is 13.2 Å². The molecule has 29 heavy (non-hydrogen) atoms. The van der Waals surface area contributed by atoms with Gasteiger partial charge in [0.2, 0.25) is 5.91 Å². The Morgan fingerprint density at radius 3 is 2.41 bits per heavy atom. The molecule has 2 aromatic rings. The molecule has 0 aliphatic heterocycles. The van der Waals surface area contributed by atoms with Gasteiger partial charge in [0, 0.05) is 6.04 Å². The van der Waals surface area contributed by atoms with Crippen LogP contribution in [-0.2, 0) is 11.0 Å². The van der Waals surface area contributed by atoms with E-state index in [1.807, 2.05) is 0 Å². The van der Waals surface area contributed by atoms with Gasteiger partial charge in [0.1, 0.15) is 0 Å². The fourth-order valence-corrected chi connectivity index (χ4v) is 3.71. The lowest BCUT2D eigenvalue weighted by atomic mass is 9.95. The number of nitrogens with zero attached hydrogens (tertiary/aromatic N) is 1. The first-order valence-corrected chi connectivity index (χ1v) is 10.1. The number of hydrogen-bond acceptors (Lipinski definition) is 1. The van der Waals surface area contributed by atoms with Crippen LogP contribution in [0.3, 0.4) is 0 Å². The molecule has 156 valence electrons. The second-order valence-electron chi connectivity index (χ2n) is 7.10. The van der Waals surface area contributed by atoms with E-state index < -0.39 is 17.8 Å². The van der Waals surface area contributed by atoms with Gasteiger partial charge in [-0.25, -0.2) is 0 Å². The molecule has 0 bridgehead atoms. The molecule has 1 atom stereocenters. The van der Waals surface area contributed by atoms with Crippen LogP contribution < -0.4 is 5.32 Å². The van der Waals surface area contributed by atoms with Crippen molar-refractivity contribution in [2.24, 2.45) is 0 Å². The summed E-state index contributed by atoms with van der Waals surface area (Å²) >= 11 is 12.1. The predicted octanol–water partition coefficient (Wildman–Crippen LogP) is 7.21.